The minimum absolute atomic E-state index is 0.141. The van der Waals surface area contributed by atoms with Gasteiger partial charge in [0.25, 0.3) is 0 Å². The molecule has 1 heterocycles. The molecule has 0 bridgehead atoms. The van der Waals surface area contributed by atoms with Gasteiger partial charge in [-0.15, -0.1) is 11.8 Å². The summed E-state index contributed by atoms with van der Waals surface area (Å²) in [5, 5.41) is 2.65. The molecule has 1 aromatic carbocycles. The number of ether oxygens (including phenoxy) is 1. The first-order valence-corrected chi connectivity index (χ1v) is 7.84. The number of rotatable bonds is 6. The number of carbonyl (C=O) groups is 2. The molecule has 0 atom stereocenters. The van der Waals surface area contributed by atoms with E-state index in [0.717, 1.165) is 11.3 Å². The summed E-state index contributed by atoms with van der Waals surface area (Å²) in [5.74, 6) is 1.03. The van der Waals surface area contributed by atoms with E-state index >= 15 is 0 Å². The fourth-order valence-corrected chi connectivity index (χ4v) is 2.46. The summed E-state index contributed by atoms with van der Waals surface area (Å²) < 4.78 is 5.23. The number of amides is 1. The molecule has 2 aromatic rings. The van der Waals surface area contributed by atoms with E-state index in [1.807, 2.05) is 12.1 Å². The van der Waals surface area contributed by atoms with Crippen LogP contribution < -0.4 is 10.1 Å². The Morgan fingerprint density at radius 2 is 1.82 bits per heavy atom. The van der Waals surface area contributed by atoms with Crippen LogP contribution in [0.3, 0.4) is 0 Å². The maximum atomic E-state index is 11.7. The molecule has 0 radical (unpaired) electrons. The molecule has 0 saturated carbocycles. The summed E-state index contributed by atoms with van der Waals surface area (Å²) in [6.45, 7) is 1.44. The number of benzene rings is 1. The van der Waals surface area contributed by atoms with Crippen LogP contribution in [0.15, 0.2) is 48.8 Å². The van der Waals surface area contributed by atoms with Crippen molar-refractivity contribution in [3.8, 4) is 5.75 Å². The van der Waals surface area contributed by atoms with Crippen LogP contribution >= 0.6 is 11.8 Å². The summed E-state index contributed by atoms with van der Waals surface area (Å²) in [6.07, 6.45) is 3.45. The minimum Gasteiger partial charge on any atom is -0.426 e. The summed E-state index contributed by atoms with van der Waals surface area (Å²) >= 11 is 1.49. The Labute approximate surface area is 133 Å². The van der Waals surface area contributed by atoms with Gasteiger partial charge in [0, 0.05) is 30.8 Å². The number of hydrogen-bond acceptors (Lipinski definition) is 5. The van der Waals surface area contributed by atoms with Gasteiger partial charge in [-0.3, -0.25) is 14.6 Å². The van der Waals surface area contributed by atoms with Gasteiger partial charge in [-0.1, -0.05) is 0 Å². The van der Waals surface area contributed by atoms with E-state index in [-0.39, 0.29) is 17.6 Å². The highest BCUT2D eigenvalue weighted by molar-refractivity contribution is 7.99. The number of aromatic nitrogens is 1. The van der Waals surface area contributed by atoms with Crippen LogP contribution in [0.4, 0.5) is 5.69 Å². The molecule has 1 aromatic heterocycles. The first kappa shape index (κ1) is 16.0. The van der Waals surface area contributed by atoms with E-state index in [0.29, 0.717) is 11.4 Å². The summed E-state index contributed by atoms with van der Waals surface area (Å²) in [4.78, 5) is 26.6. The zero-order chi connectivity index (χ0) is 15.8. The Morgan fingerprint density at radius 1 is 1.14 bits per heavy atom. The van der Waals surface area contributed by atoms with Crippen molar-refractivity contribution >= 4 is 29.3 Å². The normalized spacial score (nSPS) is 10.0. The molecule has 5 nitrogen and oxygen atoms in total. The highest BCUT2D eigenvalue weighted by atomic mass is 32.2. The van der Waals surface area contributed by atoms with E-state index in [1.54, 1.807) is 36.7 Å². The average molecular weight is 316 g/mol. The van der Waals surface area contributed by atoms with Gasteiger partial charge in [0.15, 0.2) is 0 Å². The van der Waals surface area contributed by atoms with E-state index < -0.39 is 0 Å². The number of nitrogens with zero attached hydrogens (tertiary/aromatic N) is 1. The van der Waals surface area contributed by atoms with Gasteiger partial charge in [0.2, 0.25) is 5.91 Å². The van der Waals surface area contributed by atoms with Gasteiger partial charge in [0.05, 0.1) is 5.75 Å². The third kappa shape index (κ3) is 5.57. The number of hydrogen-bond donors (Lipinski definition) is 1. The highest BCUT2D eigenvalue weighted by Crippen LogP contribution is 2.17. The predicted molar refractivity (Wildman–Crippen MR) is 86.8 cm³/mol. The van der Waals surface area contributed by atoms with Crippen LogP contribution in [0.25, 0.3) is 0 Å². The van der Waals surface area contributed by atoms with Crippen LogP contribution in [0, 0.1) is 0 Å². The Kier molecular flexibility index (Phi) is 5.97. The lowest BCUT2D eigenvalue weighted by Gasteiger charge is -2.06. The maximum absolute atomic E-state index is 11.7. The molecule has 0 aliphatic rings. The van der Waals surface area contributed by atoms with Crippen molar-refractivity contribution in [3.63, 3.8) is 0 Å². The zero-order valence-electron chi connectivity index (χ0n) is 12.1. The Morgan fingerprint density at radius 3 is 2.45 bits per heavy atom. The van der Waals surface area contributed by atoms with E-state index in [1.165, 1.54) is 18.7 Å². The van der Waals surface area contributed by atoms with Crippen LogP contribution in [0.1, 0.15) is 12.5 Å². The van der Waals surface area contributed by atoms with Gasteiger partial charge in [0.1, 0.15) is 5.75 Å². The van der Waals surface area contributed by atoms with E-state index in [2.05, 4.69) is 10.3 Å². The van der Waals surface area contributed by atoms with Gasteiger partial charge in [-0.25, -0.2) is 0 Å². The van der Waals surface area contributed by atoms with E-state index in [9.17, 15) is 9.59 Å². The van der Waals surface area contributed by atoms with Crippen LogP contribution in [-0.2, 0) is 15.3 Å². The number of pyridine rings is 1. The average Bonchev–Trinajstić information content (AvgIpc) is 2.50. The molecule has 22 heavy (non-hydrogen) atoms. The third-order valence-electron chi connectivity index (χ3n) is 2.64. The first-order valence-electron chi connectivity index (χ1n) is 6.68. The van der Waals surface area contributed by atoms with E-state index in [4.69, 9.17) is 4.74 Å². The van der Waals surface area contributed by atoms with Crippen molar-refractivity contribution in [2.75, 3.05) is 11.1 Å². The second-order valence-electron chi connectivity index (χ2n) is 4.53. The van der Waals surface area contributed by atoms with Crippen molar-refractivity contribution < 1.29 is 14.3 Å². The maximum Gasteiger partial charge on any atom is 0.321 e. The second kappa shape index (κ2) is 8.19. The van der Waals surface area contributed by atoms with Gasteiger partial charge < -0.3 is 10.1 Å². The summed E-state index contributed by atoms with van der Waals surface area (Å²) in [7, 11) is 0. The second-order valence-corrected chi connectivity index (χ2v) is 5.51. The molecule has 114 valence electrons. The summed E-state index contributed by atoms with van der Waals surface area (Å²) in [6, 6.07) is 10.5. The third-order valence-corrected chi connectivity index (χ3v) is 3.62. The minimum atomic E-state index is -0.300. The van der Waals surface area contributed by atoms with Gasteiger partial charge in [-0.2, -0.15) is 0 Å². The molecule has 2 rings (SSSR count). The molecule has 0 aliphatic carbocycles. The lowest BCUT2D eigenvalue weighted by atomic mass is 10.3. The summed E-state index contributed by atoms with van der Waals surface area (Å²) in [5.41, 5.74) is 1.78. The Balaban J connectivity index is 1.75. The number of carbonyl (C=O) groups excluding carboxylic acids is 2. The van der Waals surface area contributed by atoms with Crippen molar-refractivity contribution in [3.05, 3.63) is 54.4 Å². The molecule has 1 N–H and O–H groups in total. The number of anilines is 1. The first-order chi connectivity index (χ1) is 10.6. The lowest BCUT2D eigenvalue weighted by Crippen LogP contribution is -2.11. The van der Waals surface area contributed by atoms with Crippen molar-refractivity contribution in [1.82, 2.24) is 4.98 Å². The molecular formula is C16H16N2O3S. The van der Waals surface area contributed by atoms with Crippen molar-refractivity contribution in [1.29, 1.82) is 0 Å². The number of thioether (sulfide) groups is 1. The molecule has 0 spiro atoms. The Hall–Kier alpha value is -2.34. The fraction of sp³-hybridized carbons (Fsp3) is 0.188. The largest absolute Gasteiger partial charge is 0.426 e. The van der Waals surface area contributed by atoms with Crippen LogP contribution in [0.5, 0.6) is 5.75 Å². The van der Waals surface area contributed by atoms with Crippen molar-refractivity contribution in [2.45, 2.75) is 12.7 Å². The fourth-order valence-electron chi connectivity index (χ4n) is 1.70. The standard InChI is InChI=1S/C16H16N2O3S/c1-12(19)18-14-2-4-15(5-3-14)21-16(20)11-22-10-13-6-8-17-9-7-13/h2-9H,10-11H2,1H3,(H,18,19). The molecular weight excluding hydrogens is 300 g/mol. The quantitative estimate of drug-likeness (QED) is 0.655. The van der Waals surface area contributed by atoms with Gasteiger partial charge >= 0.3 is 5.97 Å². The molecule has 1 amide bonds. The molecule has 0 aliphatic heterocycles. The number of esters is 1. The van der Waals surface area contributed by atoms with Gasteiger partial charge in [-0.05, 0) is 42.0 Å². The molecule has 0 fully saturated rings. The topological polar surface area (TPSA) is 68.3 Å². The SMILES string of the molecule is CC(=O)Nc1ccc(OC(=O)CSCc2ccncc2)cc1. The highest BCUT2D eigenvalue weighted by Gasteiger charge is 2.06. The number of nitrogens with one attached hydrogen (secondary N) is 1. The monoisotopic (exact) mass is 316 g/mol. The smallest absolute Gasteiger partial charge is 0.321 e. The Bertz CT molecular complexity index is 630. The van der Waals surface area contributed by atoms with Crippen LogP contribution in [-0.4, -0.2) is 22.6 Å². The molecule has 0 saturated heterocycles. The molecule has 0 unspecified atom stereocenters. The van der Waals surface area contributed by atoms with Crippen LogP contribution in [0.2, 0.25) is 0 Å². The van der Waals surface area contributed by atoms with Crippen molar-refractivity contribution in [2.24, 2.45) is 0 Å². The molecule has 6 heteroatoms. The lowest BCUT2D eigenvalue weighted by molar-refractivity contribution is -0.131. The predicted octanol–water partition coefficient (Wildman–Crippen LogP) is 2.88. The zero-order valence-corrected chi connectivity index (χ0v) is 12.9.